The molecule has 146 valence electrons. The van der Waals surface area contributed by atoms with Gasteiger partial charge in [0, 0.05) is 21.3 Å². The van der Waals surface area contributed by atoms with Gasteiger partial charge in [-0.1, -0.05) is 40.9 Å². The van der Waals surface area contributed by atoms with Gasteiger partial charge < -0.3 is 14.5 Å². The third-order valence-electron chi connectivity index (χ3n) is 4.17. The topological polar surface area (TPSA) is 64.4 Å². The first-order chi connectivity index (χ1) is 13.9. The highest BCUT2D eigenvalue weighted by Gasteiger charge is 2.18. The molecule has 0 aliphatic rings. The van der Waals surface area contributed by atoms with Crippen molar-refractivity contribution in [3.05, 3.63) is 75.2 Å². The van der Waals surface area contributed by atoms with Gasteiger partial charge in [0.1, 0.15) is 11.3 Å². The summed E-state index contributed by atoms with van der Waals surface area (Å²) in [5.41, 5.74) is 2.70. The Labute approximate surface area is 181 Å². The van der Waals surface area contributed by atoms with Crippen LogP contribution >= 0.6 is 34.8 Å². The Morgan fingerprint density at radius 2 is 1.86 bits per heavy atom. The lowest BCUT2D eigenvalue weighted by atomic mass is 10.1. The van der Waals surface area contributed by atoms with E-state index < -0.39 is 5.91 Å². The van der Waals surface area contributed by atoms with Crippen LogP contribution in [-0.2, 0) is 0 Å². The fourth-order valence-corrected chi connectivity index (χ4v) is 3.65. The molecular weight excluding hydrogens is 435 g/mol. The summed E-state index contributed by atoms with van der Waals surface area (Å²) in [6, 6.07) is 15.4. The van der Waals surface area contributed by atoms with Gasteiger partial charge in [-0.25, -0.2) is 4.98 Å². The van der Waals surface area contributed by atoms with E-state index in [1.165, 1.54) is 19.2 Å². The number of carbonyl (C=O) groups excluding carboxylic acids is 1. The molecule has 29 heavy (non-hydrogen) atoms. The van der Waals surface area contributed by atoms with Crippen LogP contribution in [0.15, 0.2) is 59.0 Å². The van der Waals surface area contributed by atoms with Crippen LogP contribution in [0.4, 0.5) is 5.69 Å². The van der Waals surface area contributed by atoms with Crippen LogP contribution in [-0.4, -0.2) is 18.0 Å². The Morgan fingerprint density at radius 1 is 1.03 bits per heavy atom. The number of hydrogen-bond acceptors (Lipinski definition) is 4. The molecule has 8 heteroatoms. The first-order valence-electron chi connectivity index (χ1n) is 8.45. The van der Waals surface area contributed by atoms with E-state index in [1.54, 1.807) is 30.3 Å². The number of anilines is 1. The number of amides is 1. The molecular formula is C21H13Cl3N2O3. The zero-order chi connectivity index (χ0) is 20.5. The monoisotopic (exact) mass is 446 g/mol. The molecule has 0 aliphatic heterocycles. The standard InChI is InChI=1S/C21H13Cl3N2O3/c1-28-19-15(8-13(23)9-16(19)24)20(27)25-14-5-6-18-17(10-14)26-21(29-18)11-3-2-4-12(22)7-11/h2-10H,1H3,(H,25,27). The number of ether oxygens (including phenoxy) is 1. The number of fused-ring (bicyclic) bond motifs is 1. The molecule has 0 atom stereocenters. The zero-order valence-electron chi connectivity index (χ0n) is 15.0. The lowest BCUT2D eigenvalue weighted by Crippen LogP contribution is -2.13. The normalized spacial score (nSPS) is 10.9. The minimum Gasteiger partial charge on any atom is -0.494 e. The van der Waals surface area contributed by atoms with Gasteiger partial charge in [-0.15, -0.1) is 0 Å². The highest BCUT2D eigenvalue weighted by Crippen LogP contribution is 2.33. The number of benzene rings is 3. The Bertz CT molecular complexity index is 1240. The van der Waals surface area contributed by atoms with Gasteiger partial charge in [-0.3, -0.25) is 4.79 Å². The van der Waals surface area contributed by atoms with Crippen molar-refractivity contribution in [1.82, 2.24) is 4.98 Å². The number of oxazole rings is 1. The van der Waals surface area contributed by atoms with Crippen molar-refractivity contribution in [2.24, 2.45) is 0 Å². The molecule has 1 amide bonds. The summed E-state index contributed by atoms with van der Waals surface area (Å²) >= 11 is 18.2. The molecule has 4 rings (SSSR count). The molecule has 5 nitrogen and oxygen atoms in total. The number of aromatic nitrogens is 1. The molecule has 0 aliphatic carbocycles. The summed E-state index contributed by atoms with van der Waals surface area (Å²) in [4.78, 5) is 17.2. The molecule has 0 saturated heterocycles. The summed E-state index contributed by atoms with van der Waals surface area (Å²) in [6.45, 7) is 0. The second-order valence-corrected chi connectivity index (χ2v) is 7.41. The van der Waals surface area contributed by atoms with E-state index in [2.05, 4.69) is 10.3 Å². The van der Waals surface area contributed by atoms with Gasteiger partial charge in [-0.05, 0) is 48.5 Å². The van der Waals surface area contributed by atoms with E-state index >= 15 is 0 Å². The number of rotatable bonds is 4. The second-order valence-electron chi connectivity index (χ2n) is 6.13. The number of nitrogens with zero attached hydrogens (tertiary/aromatic N) is 1. The van der Waals surface area contributed by atoms with E-state index in [0.717, 1.165) is 5.56 Å². The van der Waals surface area contributed by atoms with Gasteiger partial charge in [0.05, 0.1) is 17.7 Å². The summed E-state index contributed by atoms with van der Waals surface area (Å²) in [5, 5.41) is 3.97. The SMILES string of the molecule is COc1c(Cl)cc(Cl)cc1C(=O)Nc1ccc2oc(-c3cccc(Cl)c3)nc2c1. The molecule has 4 aromatic rings. The summed E-state index contributed by atoms with van der Waals surface area (Å²) in [7, 11) is 1.44. The van der Waals surface area contributed by atoms with E-state index in [9.17, 15) is 4.79 Å². The Morgan fingerprint density at radius 3 is 2.62 bits per heavy atom. The van der Waals surface area contributed by atoms with E-state index in [1.807, 2.05) is 12.1 Å². The maximum absolute atomic E-state index is 12.7. The fourth-order valence-electron chi connectivity index (χ4n) is 2.89. The molecule has 0 spiro atoms. The summed E-state index contributed by atoms with van der Waals surface area (Å²) in [6.07, 6.45) is 0. The highest BCUT2D eigenvalue weighted by atomic mass is 35.5. The number of methoxy groups -OCH3 is 1. The Balaban J connectivity index is 1.65. The predicted molar refractivity (Wildman–Crippen MR) is 115 cm³/mol. The van der Waals surface area contributed by atoms with Gasteiger partial charge in [0.15, 0.2) is 5.58 Å². The van der Waals surface area contributed by atoms with Crippen molar-refractivity contribution in [1.29, 1.82) is 0 Å². The highest BCUT2D eigenvalue weighted by molar-refractivity contribution is 6.36. The average Bonchev–Trinajstić information content (AvgIpc) is 3.11. The zero-order valence-corrected chi connectivity index (χ0v) is 17.3. The number of nitrogens with one attached hydrogen (secondary N) is 1. The average molecular weight is 448 g/mol. The molecule has 0 bridgehead atoms. The molecule has 0 unspecified atom stereocenters. The predicted octanol–water partition coefficient (Wildman–Crippen LogP) is 6.72. The van der Waals surface area contributed by atoms with Crippen molar-refractivity contribution in [3.63, 3.8) is 0 Å². The summed E-state index contributed by atoms with van der Waals surface area (Å²) in [5.74, 6) is 0.276. The molecule has 1 N–H and O–H groups in total. The molecule has 1 aromatic heterocycles. The van der Waals surface area contributed by atoms with Gasteiger partial charge in [0.2, 0.25) is 5.89 Å². The Hall–Kier alpha value is -2.73. The van der Waals surface area contributed by atoms with Crippen molar-refractivity contribution in [3.8, 4) is 17.2 Å². The smallest absolute Gasteiger partial charge is 0.259 e. The Kier molecular flexibility index (Phi) is 5.37. The van der Waals surface area contributed by atoms with E-state index in [0.29, 0.717) is 32.7 Å². The molecule has 0 saturated carbocycles. The van der Waals surface area contributed by atoms with Crippen molar-refractivity contribution < 1.29 is 13.9 Å². The summed E-state index contributed by atoms with van der Waals surface area (Å²) < 4.78 is 11.0. The van der Waals surface area contributed by atoms with Crippen LogP contribution < -0.4 is 10.1 Å². The van der Waals surface area contributed by atoms with Crippen LogP contribution in [0.1, 0.15) is 10.4 Å². The van der Waals surface area contributed by atoms with Crippen molar-refractivity contribution in [2.75, 3.05) is 12.4 Å². The lowest BCUT2D eigenvalue weighted by molar-refractivity contribution is 0.102. The first-order valence-corrected chi connectivity index (χ1v) is 9.59. The molecule has 0 radical (unpaired) electrons. The minimum atomic E-state index is -0.413. The third-order valence-corrected chi connectivity index (χ3v) is 4.91. The van der Waals surface area contributed by atoms with Crippen LogP contribution in [0.5, 0.6) is 5.75 Å². The van der Waals surface area contributed by atoms with Crippen molar-refractivity contribution in [2.45, 2.75) is 0 Å². The largest absolute Gasteiger partial charge is 0.494 e. The second kappa shape index (κ2) is 7.95. The molecule has 0 fully saturated rings. The molecule has 3 aromatic carbocycles. The van der Waals surface area contributed by atoms with E-state index in [-0.39, 0.29) is 16.3 Å². The van der Waals surface area contributed by atoms with E-state index in [4.69, 9.17) is 44.0 Å². The number of halogens is 3. The molecule has 1 heterocycles. The minimum absolute atomic E-state index is 0.227. The van der Waals surface area contributed by atoms with Gasteiger partial charge >= 0.3 is 0 Å². The van der Waals surface area contributed by atoms with Crippen molar-refractivity contribution >= 4 is 57.5 Å². The van der Waals surface area contributed by atoms with Crippen LogP contribution in [0.2, 0.25) is 15.1 Å². The maximum atomic E-state index is 12.7. The third kappa shape index (κ3) is 4.03. The number of hydrogen-bond donors (Lipinski definition) is 1. The van der Waals surface area contributed by atoms with Crippen LogP contribution in [0.3, 0.4) is 0 Å². The lowest BCUT2D eigenvalue weighted by Gasteiger charge is -2.11. The van der Waals surface area contributed by atoms with Gasteiger partial charge in [-0.2, -0.15) is 0 Å². The maximum Gasteiger partial charge on any atom is 0.259 e. The number of carbonyl (C=O) groups is 1. The van der Waals surface area contributed by atoms with Gasteiger partial charge in [0.25, 0.3) is 5.91 Å². The van der Waals surface area contributed by atoms with Crippen LogP contribution in [0, 0.1) is 0 Å². The first kappa shape index (κ1) is 19.6. The fraction of sp³-hybridized carbons (Fsp3) is 0.0476. The van der Waals surface area contributed by atoms with Crippen LogP contribution in [0.25, 0.3) is 22.6 Å². The quantitative estimate of drug-likeness (QED) is 0.377.